The molecule has 1 aromatic rings. The normalized spacial score (nSPS) is 12.8. The Bertz CT molecular complexity index is 664. The van der Waals surface area contributed by atoms with Gasteiger partial charge in [0.2, 0.25) is 0 Å². The molecule has 0 saturated carbocycles. The number of carboxylic acid groups (broad SMARTS) is 1. The lowest BCUT2D eigenvalue weighted by atomic mass is 9.99. The Balaban J connectivity index is 3.08. The minimum atomic E-state index is -1.12. The van der Waals surface area contributed by atoms with Gasteiger partial charge in [0.15, 0.2) is 18.1 Å². The number of benzene rings is 1. The van der Waals surface area contributed by atoms with Gasteiger partial charge in [-0.15, -0.1) is 0 Å². The van der Waals surface area contributed by atoms with Crippen LogP contribution in [-0.4, -0.2) is 42.6 Å². The zero-order valence-electron chi connectivity index (χ0n) is 14.2. The predicted molar refractivity (Wildman–Crippen MR) is 91.0 cm³/mol. The molecular formula is C16H21ClN2O6. The van der Waals surface area contributed by atoms with Gasteiger partial charge in [0.25, 0.3) is 11.8 Å². The highest BCUT2D eigenvalue weighted by molar-refractivity contribution is 6.32. The molecule has 2 atom stereocenters. The number of amides is 2. The van der Waals surface area contributed by atoms with E-state index in [1.807, 2.05) is 6.92 Å². The van der Waals surface area contributed by atoms with Crippen LogP contribution in [-0.2, 0) is 9.59 Å². The molecule has 0 spiro atoms. The van der Waals surface area contributed by atoms with Crippen LogP contribution >= 0.6 is 11.6 Å². The number of carbonyl (C=O) groups excluding carboxylic acids is 2. The van der Waals surface area contributed by atoms with Crippen molar-refractivity contribution in [3.8, 4) is 11.5 Å². The number of ether oxygens (including phenoxy) is 2. The van der Waals surface area contributed by atoms with E-state index in [4.69, 9.17) is 26.8 Å². The highest BCUT2D eigenvalue weighted by Crippen LogP contribution is 2.36. The van der Waals surface area contributed by atoms with E-state index in [1.165, 1.54) is 19.2 Å². The third-order valence-corrected chi connectivity index (χ3v) is 3.90. The summed E-state index contributed by atoms with van der Waals surface area (Å²) in [6.07, 6.45) is 0.585. The molecule has 25 heavy (non-hydrogen) atoms. The molecule has 0 bridgehead atoms. The van der Waals surface area contributed by atoms with Gasteiger partial charge in [-0.25, -0.2) is 4.79 Å². The molecule has 0 aromatic heterocycles. The van der Waals surface area contributed by atoms with Crippen molar-refractivity contribution in [1.82, 2.24) is 5.32 Å². The van der Waals surface area contributed by atoms with Crippen molar-refractivity contribution in [2.45, 2.75) is 26.3 Å². The van der Waals surface area contributed by atoms with Crippen molar-refractivity contribution in [3.63, 3.8) is 0 Å². The number of carboxylic acids is 1. The molecule has 0 aliphatic rings. The molecule has 0 unspecified atom stereocenters. The van der Waals surface area contributed by atoms with E-state index in [-0.39, 0.29) is 28.0 Å². The second-order valence-electron chi connectivity index (χ2n) is 5.42. The van der Waals surface area contributed by atoms with Crippen LogP contribution in [0.5, 0.6) is 11.5 Å². The standard InChI is InChI=1S/C16H21ClN2O6/c1-4-8(2)13(16(22)23)19-15(21)9-5-10(17)14(11(6-9)24-3)25-7-12(18)20/h5-6,8,13H,4,7H2,1-3H3,(H2,18,20)(H,19,21)(H,22,23)/t8-,13-/m0/s1. The Morgan fingerprint density at radius 1 is 1.36 bits per heavy atom. The monoisotopic (exact) mass is 372 g/mol. The second kappa shape index (κ2) is 9.12. The van der Waals surface area contributed by atoms with Crippen LogP contribution in [0.3, 0.4) is 0 Å². The van der Waals surface area contributed by atoms with Crippen LogP contribution in [0.4, 0.5) is 0 Å². The Kier molecular flexibility index (Phi) is 7.50. The van der Waals surface area contributed by atoms with Gasteiger partial charge >= 0.3 is 5.97 Å². The molecule has 0 aliphatic heterocycles. The average molecular weight is 373 g/mol. The van der Waals surface area contributed by atoms with Crippen LogP contribution in [0, 0.1) is 5.92 Å². The number of halogens is 1. The maximum atomic E-state index is 12.4. The smallest absolute Gasteiger partial charge is 0.326 e. The fraction of sp³-hybridized carbons (Fsp3) is 0.438. The summed E-state index contributed by atoms with van der Waals surface area (Å²) in [4.78, 5) is 34.5. The van der Waals surface area contributed by atoms with Crippen LogP contribution < -0.4 is 20.5 Å². The van der Waals surface area contributed by atoms with Gasteiger partial charge in [-0.2, -0.15) is 0 Å². The molecule has 0 saturated heterocycles. The third-order valence-electron chi connectivity index (χ3n) is 3.62. The number of nitrogens with two attached hydrogens (primary N) is 1. The van der Waals surface area contributed by atoms with Crippen molar-refractivity contribution < 1.29 is 29.0 Å². The van der Waals surface area contributed by atoms with E-state index < -0.39 is 30.4 Å². The molecule has 2 amide bonds. The molecule has 0 heterocycles. The molecule has 0 radical (unpaired) electrons. The van der Waals surface area contributed by atoms with Crippen LogP contribution in [0.1, 0.15) is 30.6 Å². The molecule has 4 N–H and O–H groups in total. The minimum Gasteiger partial charge on any atom is -0.493 e. The topological polar surface area (TPSA) is 128 Å². The Labute approximate surface area is 150 Å². The molecule has 8 nitrogen and oxygen atoms in total. The van der Waals surface area contributed by atoms with E-state index in [9.17, 15) is 19.5 Å². The number of nitrogens with one attached hydrogen (secondary N) is 1. The van der Waals surface area contributed by atoms with Gasteiger partial charge in [-0.1, -0.05) is 31.9 Å². The van der Waals surface area contributed by atoms with Crippen LogP contribution in [0.2, 0.25) is 5.02 Å². The summed E-state index contributed by atoms with van der Waals surface area (Å²) in [7, 11) is 1.34. The first-order valence-electron chi connectivity index (χ1n) is 7.53. The summed E-state index contributed by atoms with van der Waals surface area (Å²) in [5, 5.41) is 11.8. The number of carbonyl (C=O) groups is 3. The average Bonchev–Trinajstić information content (AvgIpc) is 2.56. The van der Waals surface area contributed by atoms with Crippen molar-refractivity contribution in [2.75, 3.05) is 13.7 Å². The number of primary amides is 1. The predicted octanol–water partition coefficient (Wildman–Crippen LogP) is 1.44. The zero-order valence-corrected chi connectivity index (χ0v) is 14.9. The Morgan fingerprint density at radius 2 is 2.00 bits per heavy atom. The molecule has 9 heteroatoms. The lowest BCUT2D eigenvalue weighted by Crippen LogP contribution is -2.45. The Hall–Kier alpha value is -2.48. The summed E-state index contributed by atoms with van der Waals surface area (Å²) in [6.45, 7) is 3.15. The second-order valence-corrected chi connectivity index (χ2v) is 5.83. The number of aliphatic carboxylic acids is 1. The summed E-state index contributed by atoms with van der Waals surface area (Å²) in [5.41, 5.74) is 5.12. The van der Waals surface area contributed by atoms with E-state index in [0.717, 1.165) is 0 Å². The highest BCUT2D eigenvalue weighted by atomic mass is 35.5. The first-order chi connectivity index (χ1) is 11.7. The molecule has 1 aromatic carbocycles. The van der Waals surface area contributed by atoms with Gasteiger partial charge < -0.3 is 25.6 Å². The lowest BCUT2D eigenvalue weighted by Gasteiger charge is -2.20. The quantitative estimate of drug-likeness (QED) is 0.601. The van der Waals surface area contributed by atoms with Gasteiger partial charge in [0.05, 0.1) is 12.1 Å². The molecule has 0 fully saturated rings. The number of rotatable bonds is 9. The number of hydrogen-bond acceptors (Lipinski definition) is 5. The summed E-state index contributed by atoms with van der Waals surface area (Å²) in [6, 6.07) is 1.60. The first kappa shape index (κ1) is 20.6. The van der Waals surface area contributed by atoms with E-state index in [1.54, 1.807) is 6.92 Å². The Morgan fingerprint density at radius 3 is 2.48 bits per heavy atom. The largest absolute Gasteiger partial charge is 0.493 e. The summed E-state index contributed by atoms with van der Waals surface area (Å²) in [5.74, 6) is -2.50. The van der Waals surface area contributed by atoms with E-state index in [0.29, 0.717) is 6.42 Å². The fourth-order valence-corrected chi connectivity index (χ4v) is 2.31. The van der Waals surface area contributed by atoms with Crippen LogP contribution in [0.25, 0.3) is 0 Å². The minimum absolute atomic E-state index is 0.0289. The lowest BCUT2D eigenvalue weighted by molar-refractivity contribution is -0.140. The third kappa shape index (κ3) is 5.53. The maximum absolute atomic E-state index is 12.4. The maximum Gasteiger partial charge on any atom is 0.326 e. The number of hydrogen-bond donors (Lipinski definition) is 3. The molecule has 138 valence electrons. The fourth-order valence-electron chi connectivity index (χ4n) is 2.04. The van der Waals surface area contributed by atoms with Gasteiger partial charge in [-0.3, -0.25) is 9.59 Å². The van der Waals surface area contributed by atoms with Crippen molar-refractivity contribution in [3.05, 3.63) is 22.7 Å². The molecular weight excluding hydrogens is 352 g/mol. The first-order valence-corrected chi connectivity index (χ1v) is 7.91. The van der Waals surface area contributed by atoms with Gasteiger partial charge in [-0.05, 0) is 18.1 Å². The van der Waals surface area contributed by atoms with Crippen molar-refractivity contribution in [2.24, 2.45) is 11.7 Å². The van der Waals surface area contributed by atoms with Gasteiger partial charge in [0.1, 0.15) is 6.04 Å². The zero-order chi connectivity index (χ0) is 19.1. The van der Waals surface area contributed by atoms with E-state index >= 15 is 0 Å². The summed E-state index contributed by atoms with van der Waals surface area (Å²) < 4.78 is 10.3. The molecule has 1 rings (SSSR count). The van der Waals surface area contributed by atoms with Crippen molar-refractivity contribution in [1.29, 1.82) is 0 Å². The summed E-state index contributed by atoms with van der Waals surface area (Å²) >= 11 is 6.08. The highest BCUT2D eigenvalue weighted by Gasteiger charge is 2.26. The van der Waals surface area contributed by atoms with Crippen LogP contribution in [0.15, 0.2) is 12.1 Å². The SMILES string of the molecule is CC[C@H](C)[C@H](NC(=O)c1cc(Cl)c(OCC(N)=O)c(OC)c1)C(=O)O. The van der Waals surface area contributed by atoms with Gasteiger partial charge in [0, 0.05) is 5.56 Å². The van der Waals surface area contributed by atoms with Crippen molar-refractivity contribution >= 4 is 29.4 Å². The molecule has 0 aliphatic carbocycles. The number of methoxy groups -OCH3 is 1. The van der Waals surface area contributed by atoms with E-state index in [2.05, 4.69) is 5.32 Å².